The molecule has 0 spiro atoms. The first-order valence-electron chi connectivity index (χ1n) is 6.66. The topological polar surface area (TPSA) is 110 Å². The van der Waals surface area contributed by atoms with E-state index in [1.807, 2.05) is 0 Å². The number of urea groups is 1. The lowest BCUT2D eigenvalue weighted by Gasteiger charge is -2.38. The molecule has 0 aromatic heterocycles. The van der Waals surface area contributed by atoms with Gasteiger partial charge in [0, 0.05) is 32.1 Å². The van der Waals surface area contributed by atoms with Crippen LogP contribution in [0, 0.1) is 0 Å². The van der Waals surface area contributed by atoms with Crippen molar-refractivity contribution in [1.29, 1.82) is 0 Å². The number of carboxylic acids is 1. The molecule has 20 heavy (non-hydrogen) atoms. The summed E-state index contributed by atoms with van der Waals surface area (Å²) in [5.74, 6) is -1.16. The maximum Gasteiger partial charge on any atom is 0.328 e. The number of fused-ring (bicyclic) bond motifs is 1. The number of carbonyl (C=O) groups excluding carboxylic acids is 2. The van der Waals surface area contributed by atoms with Crippen LogP contribution in [0.15, 0.2) is 0 Å². The van der Waals surface area contributed by atoms with E-state index >= 15 is 0 Å². The first kappa shape index (κ1) is 14.6. The van der Waals surface area contributed by atoms with Crippen molar-refractivity contribution in [1.82, 2.24) is 15.1 Å². The lowest BCUT2D eigenvalue weighted by molar-refractivity contribution is -0.141. The Morgan fingerprint density at radius 1 is 1.40 bits per heavy atom. The van der Waals surface area contributed by atoms with Crippen molar-refractivity contribution >= 4 is 17.9 Å². The van der Waals surface area contributed by atoms with Crippen LogP contribution in [-0.4, -0.2) is 75.7 Å². The van der Waals surface area contributed by atoms with Gasteiger partial charge in [0.1, 0.15) is 0 Å². The molecule has 2 rings (SSSR count). The van der Waals surface area contributed by atoms with Gasteiger partial charge in [-0.1, -0.05) is 0 Å². The third-order valence-electron chi connectivity index (χ3n) is 3.81. The average Bonchev–Trinajstić information content (AvgIpc) is 2.76. The van der Waals surface area contributed by atoms with Gasteiger partial charge >= 0.3 is 12.0 Å². The van der Waals surface area contributed by atoms with Gasteiger partial charge in [-0.2, -0.15) is 0 Å². The second kappa shape index (κ2) is 5.66. The van der Waals surface area contributed by atoms with Crippen molar-refractivity contribution < 1.29 is 24.6 Å². The minimum Gasteiger partial charge on any atom is -0.480 e. The molecule has 0 aliphatic carbocycles. The molecular weight excluding hydrogens is 266 g/mol. The summed E-state index contributed by atoms with van der Waals surface area (Å²) in [7, 11) is 0. The molecule has 0 aromatic carbocycles. The number of aliphatic hydroxyl groups is 1. The number of rotatable bonds is 3. The molecule has 0 saturated carbocycles. The number of piperazine rings is 1. The smallest absolute Gasteiger partial charge is 0.328 e. The number of nitrogens with one attached hydrogen (secondary N) is 1. The zero-order valence-corrected chi connectivity index (χ0v) is 11.3. The van der Waals surface area contributed by atoms with E-state index in [1.54, 1.807) is 4.90 Å². The molecule has 2 aliphatic heterocycles. The quantitative estimate of drug-likeness (QED) is 0.605. The SMILES string of the molecule is CC(O)C(NC(=O)N1CCN2C(=O)CCC2C1)C(=O)O. The fourth-order valence-electron chi connectivity index (χ4n) is 2.66. The van der Waals surface area contributed by atoms with Crippen molar-refractivity contribution in [3.8, 4) is 0 Å². The zero-order chi connectivity index (χ0) is 14.9. The van der Waals surface area contributed by atoms with E-state index in [4.69, 9.17) is 5.11 Å². The lowest BCUT2D eigenvalue weighted by Crippen LogP contribution is -2.58. The third-order valence-corrected chi connectivity index (χ3v) is 3.81. The Morgan fingerprint density at radius 2 is 2.10 bits per heavy atom. The van der Waals surface area contributed by atoms with Crippen LogP contribution >= 0.6 is 0 Å². The van der Waals surface area contributed by atoms with Crippen LogP contribution < -0.4 is 5.32 Å². The summed E-state index contributed by atoms with van der Waals surface area (Å²) in [6.45, 7) is 2.57. The van der Waals surface area contributed by atoms with E-state index in [0.717, 1.165) is 6.42 Å². The van der Waals surface area contributed by atoms with Crippen LogP contribution in [0.25, 0.3) is 0 Å². The van der Waals surface area contributed by atoms with Crippen LogP contribution in [0.3, 0.4) is 0 Å². The molecule has 8 heteroatoms. The Balaban J connectivity index is 1.94. The van der Waals surface area contributed by atoms with E-state index in [0.29, 0.717) is 26.1 Å². The number of hydrogen-bond acceptors (Lipinski definition) is 4. The fourth-order valence-corrected chi connectivity index (χ4v) is 2.66. The number of aliphatic hydroxyl groups excluding tert-OH is 1. The Kier molecular flexibility index (Phi) is 4.12. The predicted octanol–water partition coefficient (Wildman–Crippen LogP) is -1.16. The van der Waals surface area contributed by atoms with Gasteiger partial charge in [0.2, 0.25) is 5.91 Å². The average molecular weight is 285 g/mol. The Hall–Kier alpha value is -1.83. The van der Waals surface area contributed by atoms with Crippen LogP contribution in [-0.2, 0) is 9.59 Å². The highest BCUT2D eigenvalue weighted by Crippen LogP contribution is 2.22. The van der Waals surface area contributed by atoms with Gasteiger partial charge in [0.25, 0.3) is 0 Å². The monoisotopic (exact) mass is 285 g/mol. The van der Waals surface area contributed by atoms with Crippen LogP contribution in [0.1, 0.15) is 19.8 Å². The largest absolute Gasteiger partial charge is 0.480 e. The molecule has 2 aliphatic rings. The number of nitrogens with zero attached hydrogens (tertiary/aromatic N) is 2. The van der Waals surface area contributed by atoms with Gasteiger partial charge in [0.15, 0.2) is 6.04 Å². The molecule has 3 unspecified atom stereocenters. The molecular formula is C12H19N3O5. The molecule has 0 aromatic rings. The maximum atomic E-state index is 12.0. The maximum absolute atomic E-state index is 12.0. The van der Waals surface area contributed by atoms with Crippen molar-refractivity contribution in [2.45, 2.75) is 38.0 Å². The molecule has 0 bridgehead atoms. The Bertz CT molecular complexity index is 425. The number of carbonyl (C=O) groups is 3. The highest BCUT2D eigenvalue weighted by Gasteiger charge is 2.37. The molecule has 2 saturated heterocycles. The third kappa shape index (κ3) is 2.84. The van der Waals surface area contributed by atoms with Crippen molar-refractivity contribution in [3.05, 3.63) is 0 Å². The highest BCUT2D eigenvalue weighted by molar-refractivity contribution is 5.84. The first-order valence-corrected chi connectivity index (χ1v) is 6.66. The van der Waals surface area contributed by atoms with Crippen molar-refractivity contribution in [3.63, 3.8) is 0 Å². The van der Waals surface area contributed by atoms with Crippen LogP contribution in [0.2, 0.25) is 0 Å². The second-order valence-electron chi connectivity index (χ2n) is 5.23. The summed E-state index contributed by atoms with van der Waals surface area (Å²) in [6.07, 6.45) is 0.0539. The minimum atomic E-state index is -1.33. The van der Waals surface area contributed by atoms with Gasteiger partial charge < -0.3 is 25.3 Å². The summed E-state index contributed by atoms with van der Waals surface area (Å²) < 4.78 is 0. The molecule has 112 valence electrons. The van der Waals surface area contributed by atoms with E-state index in [1.165, 1.54) is 11.8 Å². The molecule has 0 radical (unpaired) electrons. The van der Waals surface area contributed by atoms with Crippen molar-refractivity contribution in [2.24, 2.45) is 0 Å². The number of hydrogen-bond donors (Lipinski definition) is 3. The summed E-state index contributed by atoms with van der Waals surface area (Å²) in [5.41, 5.74) is 0. The van der Waals surface area contributed by atoms with Crippen LogP contribution in [0.4, 0.5) is 4.79 Å². The minimum absolute atomic E-state index is 0.0248. The van der Waals surface area contributed by atoms with Gasteiger partial charge in [-0.15, -0.1) is 0 Å². The Morgan fingerprint density at radius 3 is 2.70 bits per heavy atom. The fraction of sp³-hybridized carbons (Fsp3) is 0.750. The normalized spacial score (nSPS) is 25.1. The predicted molar refractivity (Wildman–Crippen MR) is 67.9 cm³/mol. The van der Waals surface area contributed by atoms with E-state index in [-0.39, 0.29) is 11.9 Å². The summed E-state index contributed by atoms with van der Waals surface area (Å²) in [5, 5.41) is 20.6. The van der Waals surface area contributed by atoms with Gasteiger partial charge in [-0.05, 0) is 13.3 Å². The van der Waals surface area contributed by atoms with E-state index < -0.39 is 24.1 Å². The number of carboxylic acid groups (broad SMARTS) is 1. The van der Waals surface area contributed by atoms with Crippen LogP contribution in [0.5, 0.6) is 0 Å². The Labute approximate surface area is 116 Å². The number of aliphatic carboxylic acids is 1. The lowest BCUT2D eigenvalue weighted by atomic mass is 10.1. The molecule has 3 N–H and O–H groups in total. The zero-order valence-electron chi connectivity index (χ0n) is 11.3. The summed E-state index contributed by atoms with van der Waals surface area (Å²) in [4.78, 5) is 37.8. The summed E-state index contributed by atoms with van der Waals surface area (Å²) in [6, 6.07) is -1.82. The number of amides is 3. The summed E-state index contributed by atoms with van der Waals surface area (Å²) >= 11 is 0. The second-order valence-corrected chi connectivity index (χ2v) is 5.23. The molecule has 2 fully saturated rings. The molecule has 8 nitrogen and oxygen atoms in total. The van der Waals surface area contributed by atoms with E-state index in [9.17, 15) is 19.5 Å². The molecule has 3 amide bonds. The van der Waals surface area contributed by atoms with Gasteiger partial charge in [0.05, 0.1) is 6.10 Å². The molecule has 3 atom stereocenters. The molecule has 2 heterocycles. The van der Waals surface area contributed by atoms with E-state index in [2.05, 4.69) is 5.32 Å². The van der Waals surface area contributed by atoms with Gasteiger partial charge in [-0.3, -0.25) is 4.79 Å². The highest BCUT2D eigenvalue weighted by atomic mass is 16.4. The standard InChI is InChI=1S/C12H19N3O5/c1-7(16)10(11(18)19)13-12(20)14-4-5-15-8(6-14)2-3-9(15)17/h7-8,10,16H,2-6H2,1H3,(H,13,20)(H,18,19). The van der Waals surface area contributed by atoms with Crippen molar-refractivity contribution in [2.75, 3.05) is 19.6 Å². The first-order chi connectivity index (χ1) is 9.40. The van der Waals surface area contributed by atoms with Gasteiger partial charge in [-0.25, -0.2) is 9.59 Å².